The Balaban J connectivity index is 3.33. The highest BCUT2D eigenvalue weighted by atomic mass is 32.2. The molecule has 0 aliphatic heterocycles. The fourth-order valence-corrected chi connectivity index (χ4v) is 2.25. The molecule has 19 heavy (non-hydrogen) atoms. The predicted octanol–water partition coefficient (Wildman–Crippen LogP) is 1.52. The molecule has 0 aromatic heterocycles. The average molecular weight is 299 g/mol. The van der Waals surface area contributed by atoms with Crippen molar-refractivity contribution in [3.05, 3.63) is 18.2 Å². The van der Waals surface area contributed by atoms with Crippen molar-refractivity contribution in [2.75, 3.05) is 19.6 Å². The van der Waals surface area contributed by atoms with Crippen LogP contribution in [0, 0.1) is 11.5 Å². The van der Waals surface area contributed by atoms with E-state index in [1.807, 2.05) is 0 Å². The molecule has 0 radical (unpaired) electrons. The van der Waals surface area contributed by atoms with Crippen molar-refractivity contribution in [1.29, 1.82) is 5.26 Å². The molecule has 0 aliphatic rings. The van der Waals surface area contributed by atoms with Crippen LogP contribution in [0.2, 0.25) is 0 Å². The number of nitrogens with zero attached hydrogens (tertiary/aromatic N) is 2. The van der Waals surface area contributed by atoms with Gasteiger partial charge in [-0.15, -0.1) is 0 Å². The molecule has 6 nitrogen and oxygen atoms in total. The lowest BCUT2D eigenvalue weighted by Crippen LogP contribution is -2.12. The number of sulfone groups is 1. The van der Waals surface area contributed by atoms with Crippen LogP contribution >= 0.6 is 11.8 Å². The monoisotopic (exact) mass is 299 g/mol. The predicted molar refractivity (Wildman–Crippen MR) is 75.5 cm³/mol. The first kappa shape index (κ1) is 15.3. The zero-order chi connectivity index (χ0) is 14.5. The molecule has 0 saturated carbocycles. The number of nitriles is 1. The molecule has 0 saturated heterocycles. The van der Waals surface area contributed by atoms with E-state index >= 15 is 0 Å². The topological polar surface area (TPSA) is 91.5 Å². The lowest BCUT2D eigenvalue weighted by atomic mass is 10.3. The highest BCUT2D eigenvalue weighted by Gasteiger charge is 2.11. The van der Waals surface area contributed by atoms with Crippen molar-refractivity contribution in [3.8, 4) is 11.9 Å². The van der Waals surface area contributed by atoms with E-state index in [9.17, 15) is 8.42 Å². The summed E-state index contributed by atoms with van der Waals surface area (Å²) in [6.45, 7) is 0. The minimum absolute atomic E-state index is 0.114. The summed E-state index contributed by atoms with van der Waals surface area (Å²) >= 11 is 1.24. The number of ether oxygens (including phenoxy) is 1. The maximum atomic E-state index is 11.6. The van der Waals surface area contributed by atoms with Crippen LogP contribution in [-0.2, 0) is 9.84 Å². The Morgan fingerprint density at radius 3 is 2.63 bits per heavy atom. The number of nitrogens with one attached hydrogen (secondary N) is 1. The van der Waals surface area contributed by atoms with Gasteiger partial charge in [-0.1, -0.05) is 11.8 Å². The molecule has 0 atom stereocenters. The summed E-state index contributed by atoms with van der Waals surface area (Å²) in [7, 11) is -1.91. The van der Waals surface area contributed by atoms with Crippen LogP contribution < -0.4 is 10.1 Å². The lowest BCUT2D eigenvalue weighted by Gasteiger charge is -2.06. The van der Waals surface area contributed by atoms with Crippen molar-refractivity contribution in [2.24, 2.45) is 4.99 Å². The Morgan fingerprint density at radius 2 is 2.16 bits per heavy atom. The second-order valence-corrected chi connectivity index (χ2v) is 6.31. The van der Waals surface area contributed by atoms with E-state index in [2.05, 4.69) is 10.3 Å². The first-order valence-corrected chi connectivity index (χ1v) is 8.19. The second-order valence-electron chi connectivity index (χ2n) is 3.50. The van der Waals surface area contributed by atoms with Crippen LogP contribution in [0.25, 0.3) is 0 Å². The third-order valence-electron chi connectivity index (χ3n) is 2.12. The van der Waals surface area contributed by atoms with E-state index in [-0.39, 0.29) is 4.90 Å². The van der Waals surface area contributed by atoms with Crippen LogP contribution in [0.15, 0.2) is 28.1 Å². The van der Waals surface area contributed by atoms with E-state index in [4.69, 9.17) is 10.00 Å². The lowest BCUT2D eigenvalue weighted by molar-refractivity contribution is 0.413. The minimum Gasteiger partial charge on any atom is -0.497 e. The Morgan fingerprint density at radius 1 is 1.47 bits per heavy atom. The van der Waals surface area contributed by atoms with Gasteiger partial charge in [0.15, 0.2) is 21.2 Å². The number of hydrogen-bond acceptors (Lipinski definition) is 6. The van der Waals surface area contributed by atoms with E-state index in [0.29, 0.717) is 16.6 Å². The second kappa shape index (κ2) is 6.45. The molecule has 1 aromatic carbocycles. The fraction of sp³-hybridized carbons (Fsp3) is 0.273. The van der Waals surface area contributed by atoms with Gasteiger partial charge < -0.3 is 4.74 Å². The highest BCUT2D eigenvalue weighted by Crippen LogP contribution is 2.26. The summed E-state index contributed by atoms with van der Waals surface area (Å²) in [5.41, 5.74) is 0.395. The van der Waals surface area contributed by atoms with Gasteiger partial charge in [0.05, 0.1) is 17.7 Å². The van der Waals surface area contributed by atoms with Gasteiger partial charge in [-0.3, -0.25) is 5.32 Å². The Kier molecular flexibility index (Phi) is 5.20. The number of hydrogen-bond donors (Lipinski definition) is 1. The quantitative estimate of drug-likeness (QED) is 0.394. The molecule has 1 rings (SSSR count). The molecule has 1 aromatic rings. The number of thioether (sulfide) groups is 1. The molecular formula is C11H13N3O3S2. The first-order chi connectivity index (χ1) is 8.90. The minimum atomic E-state index is -3.35. The van der Waals surface area contributed by atoms with Gasteiger partial charge in [0, 0.05) is 12.3 Å². The van der Waals surface area contributed by atoms with Gasteiger partial charge in [0.25, 0.3) is 0 Å². The Labute approximate surface area is 116 Å². The summed E-state index contributed by atoms with van der Waals surface area (Å²) in [6, 6.07) is 4.43. The summed E-state index contributed by atoms with van der Waals surface area (Å²) in [5.74, 6) is 0.388. The van der Waals surface area contributed by atoms with Crippen LogP contribution in [0.3, 0.4) is 0 Å². The van der Waals surface area contributed by atoms with Crippen LogP contribution in [0.5, 0.6) is 5.75 Å². The Hall–Kier alpha value is -1.72. The maximum Gasteiger partial charge on any atom is 0.183 e. The van der Waals surface area contributed by atoms with Gasteiger partial charge in [0.2, 0.25) is 0 Å². The van der Waals surface area contributed by atoms with Crippen molar-refractivity contribution < 1.29 is 13.2 Å². The van der Waals surface area contributed by atoms with E-state index in [1.165, 1.54) is 31.0 Å². The number of aliphatic imine (C=N–C) groups is 1. The zero-order valence-electron chi connectivity index (χ0n) is 10.7. The summed E-state index contributed by atoms with van der Waals surface area (Å²) < 4.78 is 28.2. The molecule has 102 valence electrons. The van der Waals surface area contributed by atoms with Crippen molar-refractivity contribution in [3.63, 3.8) is 0 Å². The summed E-state index contributed by atoms with van der Waals surface area (Å²) in [5, 5.41) is 11.3. The van der Waals surface area contributed by atoms with E-state index in [1.54, 1.807) is 18.5 Å². The molecule has 0 aliphatic carbocycles. The molecule has 0 heterocycles. The zero-order valence-corrected chi connectivity index (χ0v) is 12.3. The average Bonchev–Trinajstić information content (AvgIpc) is 2.36. The van der Waals surface area contributed by atoms with Gasteiger partial charge >= 0.3 is 0 Å². The van der Waals surface area contributed by atoms with Crippen molar-refractivity contribution in [1.82, 2.24) is 5.32 Å². The molecule has 0 unspecified atom stereocenters. The van der Waals surface area contributed by atoms with Crippen molar-refractivity contribution >= 4 is 32.5 Å². The van der Waals surface area contributed by atoms with Gasteiger partial charge in [-0.2, -0.15) is 5.26 Å². The highest BCUT2D eigenvalue weighted by molar-refractivity contribution is 8.13. The van der Waals surface area contributed by atoms with Crippen LogP contribution in [0.4, 0.5) is 5.69 Å². The smallest absolute Gasteiger partial charge is 0.183 e. The SMILES string of the molecule is COc1cc(N=C(NC#N)SC)cc(S(C)(=O)=O)c1. The third-order valence-corrected chi connectivity index (χ3v) is 3.79. The number of amidine groups is 1. The van der Waals surface area contributed by atoms with Gasteiger partial charge in [-0.05, 0) is 18.4 Å². The summed E-state index contributed by atoms with van der Waals surface area (Å²) in [4.78, 5) is 4.27. The van der Waals surface area contributed by atoms with Gasteiger partial charge in [0.1, 0.15) is 5.75 Å². The molecule has 0 amide bonds. The molecule has 0 bridgehead atoms. The molecule has 8 heteroatoms. The molecule has 0 fully saturated rings. The Bertz CT molecular complexity index is 633. The summed E-state index contributed by atoms with van der Waals surface area (Å²) in [6.07, 6.45) is 4.62. The van der Waals surface area contributed by atoms with Crippen molar-refractivity contribution in [2.45, 2.75) is 4.90 Å². The third kappa shape index (κ3) is 4.46. The molecule has 1 N–H and O–H groups in total. The van der Waals surface area contributed by atoms with E-state index in [0.717, 1.165) is 6.26 Å². The molecule has 0 spiro atoms. The fourth-order valence-electron chi connectivity index (χ4n) is 1.24. The first-order valence-electron chi connectivity index (χ1n) is 5.07. The standard InChI is InChI=1S/C11H13N3O3S2/c1-17-9-4-8(14-11(18-2)13-7-12)5-10(6-9)19(3,15)16/h4-6H,1-3H3,(H,13,14). The number of methoxy groups -OCH3 is 1. The van der Waals surface area contributed by atoms with Crippen LogP contribution in [0.1, 0.15) is 0 Å². The normalized spacial score (nSPS) is 11.8. The number of rotatable bonds is 3. The number of benzene rings is 1. The largest absolute Gasteiger partial charge is 0.497 e. The van der Waals surface area contributed by atoms with E-state index < -0.39 is 9.84 Å². The molecular weight excluding hydrogens is 286 g/mol. The van der Waals surface area contributed by atoms with Gasteiger partial charge in [-0.25, -0.2) is 13.4 Å². The maximum absolute atomic E-state index is 11.6. The van der Waals surface area contributed by atoms with Crippen LogP contribution in [-0.4, -0.2) is 33.2 Å².